The van der Waals surface area contributed by atoms with Crippen molar-refractivity contribution in [3.05, 3.63) is 24.7 Å². The maximum Gasteiger partial charge on any atom is 0.163 e. The second kappa shape index (κ2) is 6.65. The van der Waals surface area contributed by atoms with Crippen molar-refractivity contribution < 1.29 is 10.9 Å². The number of H-pyrrole nitrogens is 1. The Morgan fingerprint density at radius 1 is 1.21 bits per heavy atom. The standard InChI is InChI=1S/C18H22N4O2.H2/c1-23-16-9-13-14(21-15-11-19-12-20-18(13)15)10-17(16)24-8-4-7-22-5-2-3-6-22;/h9-12,21H,2-8H2,1H3;1H. The molecule has 0 aliphatic carbocycles. The van der Waals surface area contributed by atoms with Gasteiger partial charge in [0.15, 0.2) is 11.5 Å². The predicted octanol–water partition coefficient (Wildman–Crippen LogP) is 3.23. The zero-order valence-electron chi connectivity index (χ0n) is 13.9. The van der Waals surface area contributed by atoms with E-state index in [-0.39, 0.29) is 1.43 Å². The highest BCUT2D eigenvalue weighted by atomic mass is 16.5. The van der Waals surface area contributed by atoms with Crippen LogP contribution in [0.15, 0.2) is 24.7 Å². The van der Waals surface area contributed by atoms with Crippen molar-refractivity contribution in [1.29, 1.82) is 0 Å². The molecule has 0 unspecified atom stereocenters. The Kier molecular flexibility index (Phi) is 4.21. The summed E-state index contributed by atoms with van der Waals surface area (Å²) in [5.41, 5.74) is 2.81. The van der Waals surface area contributed by atoms with E-state index in [2.05, 4.69) is 19.9 Å². The van der Waals surface area contributed by atoms with E-state index in [9.17, 15) is 0 Å². The predicted molar refractivity (Wildman–Crippen MR) is 95.8 cm³/mol. The smallest absolute Gasteiger partial charge is 0.163 e. The van der Waals surface area contributed by atoms with Gasteiger partial charge in [-0.2, -0.15) is 0 Å². The SMILES string of the molecule is COc1cc2c(cc1OCCCN1CCCC1)[nH]c1cncnc12.[HH]. The van der Waals surface area contributed by atoms with Gasteiger partial charge < -0.3 is 19.4 Å². The molecule has 6 nitrogen and oxygen atoms in total. The quantitative estimate of drug-likeness (QED) is 0.704. The Hall–Kier alpha value is -2.34. The van der Waals surface area contributed by atoms with Crippen LogP contribution in [0.3, 0.4) is 0 Å². The van der Waals surface area contributed by atoms with Crippen molar-refractivity contribution >= 4 is 21.9 Å². The first kappa shape index (κ1) is 15.2. The third kappa shape index (κ3) is 2.89. The normalized spacial score (nSPS) is 15.4. The second-order valence-electron chi connectivity index (χ2n) is 6.21. The van der Waals surface area contributed by atoms with Crippen molar-refractivity contribution in [2.75, 3.05) is 33.4 Å². The minimum atomic E-state index is 0. The van der Waals surface area contributed by atoms with E-state index >= 15 is 0 Å². The maximum atomic E-state index is 5.98. The first-order valence-electron chi connectivity index (χ1n) is 8.50. The average molecular weight is 328 g/mol. The molecule has 1 aliphatic rings. The maximum absolute atomic E-state index is 5.98. The Labute approximate surface area is 142 Å². The van der Waals surface area contributed by atoms with Gasteiger partial charge in [-0.1, -0.05) is 0 Å². The summed E-state index contributed by atoms with van der Waals surface area (Å²) in [5, 5.41) is 1.02. The van der Waals surface area contributed by atoms with Crippen LogP contribution in [-0.4, -0.2) is 53.2 Å². The van der Waals surface area contributed by atoms with E-state index < -0.39 is 0 Å². The van der Waals surface area contributed by atoms with E-state index in [1.807, 2.05) is 12.1 Å². The van der Waals surface area contributed by atoms with Gasteiger partial charge in [-0.15, -0.1) is 0 Å². The van der Waals surface area contributed by atoms with Gasteiger partial charge in [0.1, 0.15) is 6.33 Å². The van der Waals surface area contributed by atoms with Crippen molar-refractivity contribution in [3.8, 4) is 11.5 Å². The highest BCUT2D eigenvalue weighted by Crippen LogP contribution is 2.35. The van der Waals surface area contributed by atoms with Crippen LogP contribution in [0, 0.1) is 0 Å². The molecule has 0 spiro atoms. The van der Waals surface area contributed by atoms with Crippen LogP contribution >= 0.6 is 0 Å². The van der Waals surface area contributed by atoms with Gasteiger partial charge in [0.2, 0.25) is 0 Å². The summed E-state index contributed by atoms with van der Waals surface area (Å²) in [6, 6.07) is 3.97. The molecular weight excluding hydrogens is 304 g/mol. The Morgan fingerprint density at radius 3 is 2.92 bits per heavy atom. The molecule has 0 radical (unpaired) electrons. The number of hydrogen-bond donors (Lipinski definition) is 1. The molecule has 3 heterocycles. The first-order chi connectivity index (χ1) is 11.8. The summed E-state index contributed by atoms with van der Waals surface area (Å²) in [6.45, 7) is 4.25. The molecule has 1 fully saturated rings. The molecule has 128 valence electrons. The van der Waals surface area contributed by atoms with Crippen molar-refractivity contribution in [1.82, 2.24) is 19.9 Å². The van der Waals surface area contributed by atoms with Crippen LogP contribution in [0.4, 0.5) is 0 Å². The average Bonchev–Trinajstić information content (AvgIpc) is 3.25. The van der Waals surface area contributed by atoms with Gasteiger partial charge in [-0.3, -0.25) is 0 Å². The van der Waals surface area contributed by atoms with Gasteiger partial charge in [-0.25, -0.2) is 9.97 Å². The van der Waals surface area contributed by atoms with E-state index in [4.69, 9.17) is 9.47 Å². The Balaban J connectivity index is 0.00000182. The molecule has 0 atom stereocenters. The van der Waals surface area contributed by atoms with E-state index in [0.717, 1.165) is 46.4 Å². The van der Waals surface area contributed by atoms with Crippen LogP contribution in [0.25, 0.3) is 21.9 Å². The van der Waals surface area contributed by atoms with Crippen molar-refractivity contribution in [3.63, 3.8) is 0 Å². The summed E-state index contributed by atoms with van der Waals surface area (Å²) in [5.74, 6) is 1.51. The number of rotatable bonds is 6. The lowest BCUT2D eigenvalue weighted by atomic mass is 10.2. The second-order valence-corrected chi connectivity index (χ2v) is 6.21. The number of fused-ring (bicyclic) bond motifs is 3. The summed E-state index contributed by atoms with van der Waals surface area (Å²) in [7, 11) is 1.67. The van der Waals surface area contributed by atoms with Crippen LogP contribution in [-0.2, 0) is 0 Å². The number of benzene rings is 1. The van der Waals surface area contributed by atoms with Gasteiger partial charge >= 0.3 is 0 Å². The van der Waals surface area contributed by atoms with E-state index in [1.54, 1.807) is 19.6 Å². The fraction of sp³-hybridized carbons (Fsp3) is 0.444. The fourth-order valence-electron chi connectivity index (χ4n) is 3.39. The van der Waals surface area contributed by atoms with E-state index in [1.165, 1.54) is 25.9 Å². The molecule has 3 aromatic rings. The molecule has 0 saturated carbocycles. The molecule has 6 heteroatoms. The van der Waals surface area contributed by atoms with E-state index in [0.29, 0.717) is 6.61 Å². The molecule has 0 amide bonds. The van der Waals surface area contributed by atoms with Crippen LogP contribution in [0.5, 0.6) is 11.5 Å². The molecule has 1 aromatic carbocycles. The molecule has 2 aromatic heterocycles. The Morgan fingerprint density at radius 2 is 2.08 bits per heavy atom. The zero-order valence-corrected chi connectivity index (χ0v) is 13.9. The number of methoxy groups -OCH3 is 1. The topological polar surface area (TPSA) is 63.3 Å². The number of aromatic nitrogens is 3. The molecule has 1 N–H and O–H groups in total. The third-order valence-corrected chi connectivity index (χ3v) is 4.62. The lowest BCUT2D eigenvalue weighted by molar-refractivity contribution is 0.254. The zero-order chi connectivity index (χ0) is 16.4. The van der Waals surface area contributed by atoms with Gasteiger partial charge in [0.25, 0.3) is 0 Å². The first-order valence-corrected chi connectivity index (χ1v) is 8.50. The molecule has 4 rings (SSSR count). The van der Waals surface area contributed by atoms with Crippen molar-refractivity contribution in [2.45, 2.75) is 19.3 Å². The van der Waals surface area contributed by atoms with Gasteiger partial charge in [0.05, 0.1) is 36.5 Å². The molecular formula is C18H24N4O2. The summed E-state index contributed by atoms with van der Waals surface area (Å²) < 4.78 is 11.5. The highest BCUT2D eigenvalue weighted by molar-refractivity contribution is 6.05. The Bertz CT molecular complexity index is 846. The lowest BCUT2D eigenvalue weighted by Gasteiger charge is -2.15. The number of ether oxygens (including phenoxy) is 2. The molecule has 24 heavy (non-hydrogen) atoms. The summed E-state index contributed by atoms with van der Waals surface area (Å²) in [4.78, 5) is 14.2. The monoisotopic (exact) mass is 328 g/mol. The largest absolute Gasteiger partial charge is 0.493 e. The minimum absolute atomic E-state index is 0. The summed E-state index contributed by atoms with van der Waals surface area (Å²) in [6.07, 6.45) is 7.03. The van der Waals surface area contributed by atoms with Crippen LogP contribution in [0.2, 0.25) is 0 Å². The van der Waals surface area contributed by atoms with Gasteiger partial charge in [-0.05, 0) is 38.4 Å². The molecule has 0 bridgehead atoms. The number of hydrogen-bond acceptors (Lipinski definition) is 5. The molecule has 1 aliphatic heterocycles. The van der Waals surface area contributed by atoms with Crippen LogP contribution in [0.1, 0.15) is 20.7 Å². The number of likely N-dealkylation sites (tertiary alicyclic amines) is 1. The number of nitrogens with zero attached hydrogens (tertiary/aromatic N) is 3. The minimum Gasteiger partial charge on any atom is -0.493 e. The molecule has 1 saturated heterocycles. The van der Waals surface area contributed by atoms with Gasteiger partial charge in [0, 0.05) is 19.4 Å². The van der Waals surface area contributed by atoms with Crippen molar-refractivity contribution in [2.24, 2.45) is 0 Å². The number of aromatic amines is 1. The lowest BCUT2D eigenvalue weighted by Crippen LogP contribution is -2.21. The summed E-state index contributed by atoms with van der Waals surface area (Å²) >= 11 is 0. The van der Waals surface area contributed by atoms with Crippen LogP contribution < -0.4 is 9.47 Å². The fourth-order valence-corrected chi connectivity index (χ4v) is 3.39. The third-order valence-electron chi connectivity index (χ3n) is 4.62. The number of nitrogens with one attached hydrogen (secondary N) is 1. The highest BCUT2D eigenvalue weighted by Gasteiger charge is 2.13.